The van der Waals surface area contributed by atoms with Crippen molar-refractivity contribution >= 4 is 12.3 Å². The molecule has 3 rings (SSSR count). The van der Waals surface area contributed by atoms with Gasteiger partial charge in [-0.25, -0.2) is 0 Å². The van der Waals surface area contributed by atoms with Crippen LogP contribution in [0.5, 0.6) is 11.5 Å². The molecule has 41 heavy (non-hydrogen) atoms. The second-order valence-corrected chi connectivity index (χ2v) is 9.55. The highest BCUT2D eigenvalue weighted by molar-refractivity contribution is 5.77. The number of hydrogen-bond donors (Lipinski definition) is 3. The fourth-order valence-corrected chi connectivity index (χ4v) is 4.22. The maximum atomic E-state index is 13.4. The standard InChI is InChI=1S/C28H28F6N2O5/c1-3-6-19-14-20(26(39,27(29,30)31)28(32,33)34)10-11-22(19)41-21-8-4-7-18(13-21)16-35-24(38)15-25(2,36-17-37)23-9-5-12-40-23/h4-5,7-14,17,39H,3,6,15-16H2,1-2H3,(H,35,38)(H,36,37). The largest absolute Gasteiger partial charge is 0.467 e. The summed E-state index contributed by atoms with van der Waals surface area (Å²) in [5, 5.41) is 15.1. The average molecular weight is 587 g/mol. The number of hydrogen-bond acceptors (Lipinski definition) is 5. The highest BCUT2D eigenvalue weighted by atomic mass is 19.4. The molecule has 1 aromatic heterocycles. The first-order valence-electron chi connectivity index (χ1n) is 12.4. The first kappa shape index (κ1) is 31.5. The van der Waals surface area contributed by atoms with Gasteiger partial charge in [0.05, 0.1) is 12.7 Å². The number of ether oxygens (including phenoxy) is 1. The van der Waals surface area contributed by atoms with Crippen molar-refractivity contribution in [3.8, 4) is 11.5 Å². The molecule has 0 radical (unpaired) electrons. The lowest BCUT2D eigenvalue weighted by Gasteiger charge is -2.33. The van der Waals surface area contributed by atoms with Gasteiger partial charge in [0.25, 0.3) is 5.60 Å². The molecule has 0 saturated heterocycles. The van der Waals surface area contributed by atoms with Crippen molar-refractivity contribution in [2.45, 2.75) is 63.1 Å². The van der Waals surface area contributed by atoms with E-state index < -0.39 is 35.0 Å². The Morgan fingerprint density at radius 3 is 2.32 bits per heavy atom. The van der Waals surface area contributed by atoms with E-state index in [0.717, 1.165) is 6.07 Å². The van der Waals surface area contributed by atoms with Gasteiger partial charge in [-0.1, -0.05) is 31.5 Å². The summed E-state index contributed by atoms with van der Waals surface area (Å²) in [6.45, 7) is 3.36. The van der Waals surface area contributed by atoms with Crippen LogP contribution in [-0.4, -0.2) is 29.8 Å². The van der Waals surface area contributed by atoms with Gasteiger partial charge in [0, 0.05) is 12.1 Å². The van der Waals surface area contributed by atoms with Crippen molar-refractivity contribution in [2.75, 3.05) is 0 Å². The Bertz CT molecular complexity index is 1330. The van der Waals surface area contributed by atoms with E-state index in [1.54, 1.807) is 44.2 Å². The molecule has 0 fully saturated rings. The van der Waals surface area contributed by atoms with E-state index in [4.69, 9.17) is 9.15 Å². The lowest BCUT2D eigenvalue weighted by atomic mass is 9.90. The van der Waals surface area contributed by atoms with E-state index in [-0.39, 0.29) is 36.4 Å². The van der Waals surface area contributed by atoms with E-state index in [2.05, 4.69) is 10.6 Å². The van der Waals surface area contributed by atoms with Crippen LogP contribution < -0.4 is 15.4 Å². The molecule has 3 N–H and O–H groups in total. The Morgan fingerprint density at radius 2 is 1.73 bits per heavy atom. The van der Waals surface area contributed by atoms with Crippen LogP contribution in [-0.2, 0) is 33.7 Å². The van der Waals surface area contributed by atoms with Crippen LogP contribution in [0.25, 0.3) is 0 Å². The molecule has 1 heterocycles. The van der Waals surface area contributed by atoms with Crippen LogP contribution >= 0.6 is 0 Å². The fraction of sp³-hybridized carbons (Fsp3) is 0.357. The minimum atomic E-state index is -6.01. The molecule has 0 saturated carbocycles. The van der Waals surface area contributed by atoms with E-state index in [1.165, 1.54) is 12.3 Å². The molecule has 1 unspecified atom stereocenters. The first-order valence-corrected chi connectivity index (χ1v) is 12.4. The van der Waals surface area contributed by atoms with Crippen molar-refractivity contribution in [1.29, 1.82) is 0 Å². The summed E-state index contributed by atoms with van der Waals surface area (Å²) in [7, 11) is 0. The average Bonchev–Trinajstić information content (AvgIpc) is 3.43. The highest BCUT2D eigenvalue weighted by Gasteiger charge is 2.71. The number of rotatable bonds is 12. The Labute approximate surface area is 231 Å². The minimum Gasteiger partial charge on any atom is -0.467 e. The third-order valence-corrected chi connectivity index (χ3v) is 6.39. The summed E-state index contributed by atoms with van der Waals surface area (Å²) in [6, 6.07) is 11.7. The molecule has 1 atom stereocenters. The molecule has 2 aromatic carbocycles. The highest BCUT2D eigenvalue weighted by Crippen LogP contribution is 2.50. The Balaban J connectivity index is 1.78. The first-order chi connectivity index (χ1) is 19.1. The van der Waals surface area contributed by atoms with E-state index in [1.807, 2.05) is 0 Å². The number of benzene rings is 2. The van der Waals surface area contributed by atoms with Crippen LogP contribution in [0.1, 0.15) is 49.1 Å². The number of nitrogens with one attached hydrogen (secondary N) is 2. The van der Waals surface area contributed by atoms with Crippen molar-refractivity contribution in [1.82, 2.24) is 10.6 Å². The molecule has 0 spiro atoms. The second kappa shape index (κ2) is 12.2. The van der Waals surface area contributed by atoms with Crippen molar-refractivity contribution in [3.05, 3.63) is 83.3 Å². The summed E-state index contributed by atoms with van der Waals surface area (Å²) in [5.74, 6) is 0.199. The summed E-state index contributed by atoms with van der Waals surface area (Å²) >= 11 is 0. The maximum absolute atomic E-state index is 13.4. The van der Waals surface area contributed by atoms with Crippen LogP contribution in [0, 0.1) is 0 Å². The molecule has 0 aliphatic rings. The Morgan fingerprint density at radius 1 is 1.02 bits per heavy atom. The van der Waals surface area contributed by atoms with E-state index in [0.29, 0.717) is 36.3 Å². The maximum Gasteiger partial charge on any atom is 0.430 e. The quantitative estimate of drug-likeness (QED) is 0.179. The summed E-state index contributed by atoms with van der Waals surface area (Å²) < 4.78 is 91.3. The molecule has 222 valence electrons. The molecular weight excluding hydrogens is 558 g/mol. The molecule has 3 aromatic rings. The fourth-order valence-electron chi connectivity index (χ4n) is 4.22. The van der Waals surface area contributed by atoms with Gasteiger partial charge in [-0.3, -0.25) is 9.59 Å². The van der Waals surface area contributed by atoms with Gasteiger partial charge in [-0.2, -0.15) is 26.3 Å². The van der Waals surface area contributed by atoms with Gasteiger partial charge in [0.1, 0.15) is 22.8 Å². The molecular formula is C28H28F6N2O5. The zero-order valence-corrected chi connectivity index (χ0v) is 22.0. The molecule has 0 aliphatic carbocycles. The normalized spacial score (nSPS) is 13.8. The topological polar surface area (TPSA) is 101 Å². The monoisotopic (exact) mass is 586 g/mol. The van der Waals surface area contributed by atoms with Gasteiger partial charge in [-0.05, 0) is 60.9 Å². The number of carbonyl (C=O) groups is 2. The Kier molecular flexibility index (Phi) is 9.42. The van der Waals surface area contributed by atoms with Gasteiger partial charge < -0.3 is 24.9 Å². The number of halogens is 6. The molecule has 2 amide bonds. The van der Waals surface area contributed by atoms with Crippen molar-refractivity contribution < 1.29 is 50.2 Å². The molecule has 0 aliphatic heterocycles. The lowest BCUT2D eigenvalue weighted by molar-refractivity contribution is -0.376. The van der Waals surface area contributed by atoms with E-state index in [9.17, 15) is 41.0 Å². The van der Waals surface area contributed by atoms with Gasteiger partial charge in [0.2, 0.25) is 12.3 Å². The van der Waals surface area contributed by atoms with Crippen LogP contribution in [0.4, 0.5) is 26.3 Å². The zero-order chi connectivity index (χ0) is 30.5. The summed E-state index contributed by atoms with van der Waals surface area (Å²) in [4.78, 5) is 23.7. The van der Waals surface area contributed by atoms with Gasteiger partial charge in [-0.15, -0.1) is 0 Å². The molecule has 0 bridgehead atoms. The van der Waals surface area contributed by atoms with Gasteiger partial charge >= 0.3 is 12.4 Å². The minimum absolute atomic E-state index is 0.0117. The van der Waals surface area contributed by atoms with Gasteiger partial charge in [0.15, 0.2) is 0 Å². The lowest BCUT2D eigenvalue weighted by Crippen LogP contribution is -2.53. The molecule has 7 nitrogen and oxygen atoms in total. The summed E-state index contributed by atoms with van der Waals surface area (Å²) in [6.07, 6.45) is -9.82. The van der Waals surface area contributed by atoms with Crippen LogP contribution in [0.3, 0.4) is 0 Å². The smallest absolute Gasteiger partial charge is 0.430 e. The Hall–Kier alpha value is -4.00. The van der Waals surface area contributed by atoms with Crippen molar-refractivity contribution in [3.63, 3.8) is 0 Å². The summed E-state index contributed by atoms with van der Waals surface area (Å²) in [5.41, 5.74) is -6.89. The van der Waals surface area contributed by atoms with Crippen molar-refractivity contribution in [2.24, 2.45) is 0 Å². The zero-order valence-electron chi connectivity index (χ0n) is 22.0. The number of aryl methyl sites for hydroxylation is 1. The van der Waals surface area contributed by atoms with Crippen LogP contribution in [0.15, 0.2) is 65.3 Å². The number of alkyl halides is 6. The van der Waals surface area contributed by atoms with E-state index >= 15 is 0 Å². The molecule has 13 heteroatoms. The second-order valence-electron chi connectivity index (χ2n) is 9.55. The number of furan rings is 1. The number of amides is 2. The number of carbonyl (C=O) groups excluding carboxylic acids is 2. The predicted octanol–water partition coefficient (Wildman–Crippen LogP) is 6.00. The third-order valence-electron chi connectivity index (χ3n) is 6.39. The number of aliphatic hydroxyl groups is 1. The van der Waals surface area contributed by atoms with Crippen LogP contribution in [0.2, 0.25) is 0 Å². The SMILES string of the molecule is CCCc1cc(C(O)(C(F)(F)F)C(F)(F)F)ccc1Oc1cccc(CNC(=O)CC(C)(NC=O)c2ccco2)c1. The predicted molar refractivity (Wildman–Crippen MR) is 135 cm³/mol. The third kappa shape index (κ3) is 7.02.